The Balaban J connectivity index is 1.72. The smallest absolute Gasteiger partial charge is 0.238 e. The Bertz CT molecular complexity index is 960. The Morgan fingerprint density at radius 3 is 2.43 bits per heavy atom. The van der Waals surface area contributed by atoms with Crippen molar-refractivity contribution < 1.29 is 13.6 Å². The number of amides is 1. The molecule has 0 fully saturated rings. The molecule has 1 unspecified atom stereocenters. The van der Waals surface area contributed by atoms with Crippen LogP contribution in [0.3, 0.4) is 0 Å². The van der Waals surface area contributed by atoms with Crippen LogP contribution in [-0.2, 0) is 4.79 Å². The minimum Gasteiger partial charge on any atom is -0.324 e. The molecule has 0 aliphatic rings. The summed E-state index contributed by atoms with van der Waals surface area (Å²) in [4.78, 5) is 14.3. The average Bonchev–Trinajstić information content (AvgIpc) is 2.70. The van der Waals surface area contributed by atoms with Crippen LogP contribution in [0.5, 0.6) is 0 Å². The van der Waals surface area contributed by atoms with E-state index in [0.717, 1.165) is 23.3 Å². The second-order valence-electron chi connectivity index (χ2n) is 6.72. The highest BCUT2D eigenvalue weighted by Gasteiger charge is 2.19. The summed E-state index contributed by atoms with van der Waals surface area (Å²) < 4.78 is 27.5. The lowest BCUT2D eigenvalue weighted by Crippen LogP contribution is -2.32. The Morgan fingerprint density at radius 1 is 1.00 bits per heavy atom. The maximum Gasteiger partial charge on any atom is 0.238 e. The molecule has 3 aromatic rings. The molecule has 0 spiro atoms. The first-order valence-corrected chi connectivity index (χ1v) is 9.05. The quantitative estimate of drug-likeness (QED) is 0.632. The van der Waals surface area contributed by atoms with Crippen LogP contribution in [0.4, 0.5) is 14.5 Å². The van der Waals surface area contributed by atoms with Crippen molar-refractivity contribution in [1.82, 2.24) is 4.90 Å². The van der Waals surface area contributed by atoms with Crippen LogP contribution in [0.25, 0.3) is 11.1 Å². The van der Waals surface area contributed by atoms with E-state index < -0.39 is 17.7 Å². The number of halogens is 2. The number of carbonyl (C=O) groups excluding carboxylic acids is 1. The van der Waals surface area contributed by atoms with Crippen LogP contribution < -0.4 is 5.32 Å². The van der Waals surface area contributed by atoms with Crippen molar-refractivity contribution in [2.75, 3.05) is 18.9 Å². The first kappa shape index (κ1) is 19.7. The Kier molecular flexibility index (Phi) is 6.16. The maximum absolute atomic E-state index is 14.0. The van der Waals surface area contributed by atoms with E-state index in [0.29, 0.717) is 5.69 Å². The van der Waals surface area contributed by atoms with Gasteiger partial charge in [-0.15, -0.1) is 0 Å². The van der Waals surface area contributed by atoms with Crippen molar-refractivity contribution in [2.24, 2.45) is 0 Å². The van der Waals surface area contributed by atoms with Crippen molar-refractivity contribution in [3.05, 3.63) is 90.0 Å². The van der Waals surface area contributed by atoms with Gasteiger partial charge < -0.3 is 5.32 Å². The third-order valence-electron chi connectivity index (χ3n) is 4.75. The Hall–Kier alpha value is -3.05. The normalized spacial score (nSPS) is 12.0. The van der Waals surface area contributed by atoms with Gasteiger partial charge in [-0.1, -0.05) is 48.5 Å². The van der Waals surface area contributed by atoms with Crippen LogP contribution in [0, 0.1) is 11.6 Å². The number of hydrogen-bond acceptors (Lipinski definition) is 2. The van der Waals surface area contributed by atoms with Crippen LogP contribution in [0.15, 0.2) is 72.8 Å². The molecule has 3 aromatic carbocycles. The summed E-state index contributed by atoms with van der Waals surface area (Å²) in [5.74, 6) is -1.22. The maximum atomic E-state index is 14.0. The van der Waals surface area contributed by atoms with Crippen LogP contribution >= 0.6 is 0 Å². The van der Waals surface area contributed by atoms with Crippen molar-refractivity contribution in [1.29, 1.82) is 0 Å². The second-order valence-corrected chi connectivity index (χ2v) is 6.72. The van der Waals surface area contributed by atoms with Gasteiger partial charge in [0.1, 0.15) is 11.6 Å². The molecule has 3 rings (SSSR count). The Labute approximate surface area is 163 Å². The predicted molar refractivity (Wildman–Crippen MR) is 108 cm³/mol. The number of hydrogen-bond donors (Lipinski definition) is 1. The highest BCUT2D eigenvalue weighted by atomic mass is 19.1. The monoisotopic (exact) mass is 380 g/mol. The number of nitrogens with zero attached hydrogens (tertiary/aromatic N) is 1. The standard InChI is InChI=1S/C23H22F2N2O/c1-16(20-14-18(24)12-13-21(20)25)27(2)15-23(28)26-22-11-7-6-10-19(22)17-8-4-3-5-9-17/h3-14,16H,15H2,1-2H3,(H,26,28). The first-order chi connectivity index (χ1) is 13.5. The molecule has 0 saturated heterocycles. The fourth-order valence-electron chi connectivity index (χ4n) is 3.09. The van der Waals surface area contributed by atoms with E-state index >= 15 is 0 Å². The van der Waals surface area contributed by atoms with E-state index in [9.17, 15) is 13.6 Å². The third kappa shape index (κ3) is 4.61. The zero-order valence-corrected chi connectivity index (χ0v) is 15.8. The summed E-state index contributed by atoms with van der Waals surface area (Å²) in [6, 6.07) is 20.2. The summed E-state index contributed by atoms with van der Waals surface area (Å²) in [7, 11) is 1.71. The third-order valence-corrected chi connectivity index (χ3v) is 4.75. The number of carbonyl (C=O) groups is 1. The van der Waals surface area contributed by atoms with Crippen LogP contribution in [0.2, 0.25) is 0 Å². The molecule has 0 bridgehead atoms. The molecular weight excluding hydrogens is 358 g/mol. The first-order valence-electron chi connectivity index (χ1n) is 9.05. The number of para-hydroxylation sites is 1. The molecule has 28 heavy (non-hydrogen) atoms. The SMILES string of the molecule is CC(c1cc(F)ccc1F)N(C)CC(=O)Nc1ccccc1-c1ccccc1. The van der Waals surface area contributed by atoms with E-state index in [1.54, 1.807) is 18.9 Å². The summed E-state index contributed by atoms with van der Waals surface area (Å²) in [5, 5.41) is 2.92. The van der Waals surface area contributed by atoms with Gasteiger partial charge >= 0.3 is 0 Å². The Morgan fingerprint density at radius 2 is 1.68 bits per heavy atom. The lowest BCUT2D eigenvalue weighted by atomic mass is 10.0. The summed E-state index contributed by atoms with van der Waals surface area (Å²) in [5.41, 5.74) is 2.85. The van der Waals surface area contributed by atoms with Gasteiger partial charge in [0, 0.05) is 22.9 Å². The van der Waals surface area contributed by atoms with E-state index in [2.05, 4.69) is 5.32 Å². The molecular formula is C23H22F2N2O. The number of likely N-dealkylation sites (N-methyl/N-ethyl adjacent to an activating group) is 1. The minimum atomic E-state index is -0.502. The van der Waals surface area contributed by atoms with E-state index in [4.69, 9.17) is 0 Å². The van der Waals surface area contributed by atoms with Gasteiger partial charge in [-0.2, -0.15) is 0 Å². The zero-order chi connectivity index (χ0) is 20.1. The largest absolute Gasteiger partial charge is 0.324 e. The van der Waals surface area contributed by atoms with Gasteiger partial charge in [-0.3, -0.25) is 9.69 Å². The van der Waals surface area contributed by atoms with Crippen molar-refractivity contribution in [2.45, 2.75) is 13.0 Å². The van der Waals surface area contributed by atoms with Gasteiger partial charge in [0.25, 0.3) is 0 Å². The van der Waals surface area contributed by atoms with Crippen molar-refractivity contribution in [3.8, 4) is 11.1 Å². The van der Waals surface area contributed by atoms with E-state index in [1.165, 1.54) is 6.07 Å². The van der Waals surface area contributed by atoms with Gasteiger partial charge in [-0.25, -0.2) is 8.78 Å². The summed E-state index contributed by atoms with van der Waals surface area (Å²) in [6.07, 6.45) is 0. The second kappa shape index (κ2) is 8.76. The topological polar surface area (TPSA) is 32.3 Å². The van der Waals surface area contributed by atoms with Crippen LogP contribution in [0.1, 0.15) is 18.5 Å². The fourth-order valence-corrected chi connectivity index (χ4v) is 3.09. The molecule has 0 saturated carbocycles. The molecule has 1 atom stereocenters. The molecule has 3 nitrogen and oxygen atoms in total. The molecule has 5 heteroatoms. The van der Waals surface area contributed by atoms with Gasteiger partial charge in [0.15, 0.2) is 0 Å². The molecule has 0 aliphatic heterocycles. The highest BCUT2D eigenvalue weighted by Crippen LogP contribution is 2.28. The molecule has 0 aliphatic carbocycles. The highest BCUT2D eigenvalue weighted by molar-refractivity contribution is 5.96. The van der Waals surface area contributed by atoms with E-state index in [1.807, 2.05) is 54.6 Å². The average molecular weight is 380 g/mol. The molecule has 1 N–H and O–H groups in total. The number of benzene rings is 3. The van der Waals surface area contributed by atoms with E-state index in [-0.39, 0.29) is 18.0 Å². The number of anilines is 1. The molecule has 144 valence electrons. The fraction of sp³-hybridized carbons (Fsp3) is 0.174. The van der Waals surface area contributed by atoms with Crippen LogP contribution in [-0.4, -0.2) is 24.4 Å². The van der Waals surface area contributed by atoms with Crippen molar-refractivity contribution >= 4 is 11.6 Å². The van der Waals surface area contributed by atoms with Gasteiger partial charge in [0.2, 0.25) is 5.91 Å². The number of nitrogens with one attached hydrogen (secondary N) is 1. The molecule has 1 amide bonds. The molecule has 0 radical (unpaired) electrons. The van der Waals surface area contributed by atoms with Gasteiger partial charge in [0.05, 0.1) is 6.54 Å². The lowest BCUT2D eigenvalue weighted by Gasteiger charge is -2.25. The number of rotatable bonds is 6. The molecule has 0 heterocycles. The predicted octanol–water partition coefficient (Wildman–Crippen LogP) is 5.26. The zero-order valence-electron chi connectivity index (χ0n) is 15.8. The summed E-state index contributed by atoms with van der Waals surface area (Å²) >= 11 is 0. The lowest BCUT2D eigenvalue weighted by molar-refractivity contribution is -0.117. The van der Waals surface area contributed by atoms with Gasteiger partial charge in [-0.05, 0) is 43.8 Å². The minimum absolute atomic E-state index is 0.0419. The summed E-state index contributed by atoms with van der Waals surface area (Å²) in [6.45, 7) is 1.78. The molecule has 0 aromatic heterocycles. The van der Waals surface area contributed by atoms with Crippen molar-refractivity contribution in [3.63, 3.8) is 0 Å².